The molecule has 0 atom stereocenters. The normalized spacial score (nSPS) is 10.2. The molecule has 1 aromatic carbocycles. The number of rotatable bonds is 7. The fourth-order valence-electron chi connectivity index (χ4n) is 1.77. The molecule has 0 aliphatic rings. The summed E-state index contributed by atoms with van der Waals surface area (Å²) in [5.74, 6) is -0.0711. The first-order chi connectivity index (χ1) is 8.65. The molecule has 3 nitrogen and oxygen atoms in total. The molecule has 0 fully saturated rings. The van der Waals surface area contributed by atoms with Gasteiger partial charge in [0.25, 0.3) is 0 Å². The van der Waals surface area contributed by atoms with E-state index in [1.165, 1.54) is 6.92 Å². The van der Waals surface area contributed by atoms with Gasteiger partial charge in [-0.05, 0) is 43.9 Å². The number of hydrogen-bond donors (Lipinski definition) is 2. The molecule has 1 aromatic rings. The summed E-state index contributed by atoms with van der Waals surface area (Å²) in [4.78, 5) is 11.0. The second kappa shape index (κ2) is 7.69. The van der Waals surface area contributed by atoms with Crippen molar-refractivity contribution in [1.29, 1.82) is 0 Å². The first kappa shape index (κ1) is 14.5. The number of nitrogens with one attached hydrogen (secondary N) is 2. The molecule has 0 heterocycles. The highest BCUT2D eigenvalue weighted by Gasteiger charge is 2.04. The van der Waals surface area contributed by atoms with Crippen molar-refractivity contribution in [2.24, 2.45) is 0 Å². The predicted octanol–water partition coefficient (Wildman–Crippen LogP) is 3.51. The third kappa shape index (κ3) is 4.73. The van der Waals surface area contributed by atoms with Crippen LogP contribution in [0.2, 0.25) is 0 Å². The summed E-state index contributed by atoms with van der Waals surface area (Å²) in [5, 5.41) is 6.11. The standard InChI is InChI=1S/C14H21FN2O/c1-11-13(16-10-5-3-4-9-15)7-6-8-14(11)17-12(2)18/h6-8,16H,3-5,9-10H2,1-2H3,(H,17,18). The van der Waals surface area contributed by atoms with Crippen LogP contribution in [-0.2, 0) is 4.79 Å². The smallest absolute Gasteiger partial charge is 0.221 e. The molecule has 0 aromatic heterocycles. The van der Waals surface area contributed by atoms with Gasteiger partial charge in [-0.1, -0.05) is 6.07 Å². The summed E-state index contributed by atoms with van der Waals surface area (Å²) < 4.78 is 11.9. The van der Waals surface area contributed by atoms with Gasteiger partial charge in [0.15, 0.2) is 0 Å². The van der Waals surface area contributed by atoms with Gasteiger partial charge in [-0.2, -0.15) is 0 Å². The molecule has 0 aliphatic heterocycles. The van der Waals surface area contributed by atoms with Crippen LogP contribution in [0, 0.1) is 6.92 Å². The maximum Gasteiger partial charge on any atom is 0.221 e. The van der Waals surface area contributed by atoms with E-state index in [-0.39, 0.29) is 12.6 Å². The molecule has 0 saturated carbocycles. The number of alkyl halides is 1. The average molecular weight is 252 g/mol. The Morgan fingerprint density at radius 1 is 1.22 bits per heavy atom. The summed E-state index contributed by atoms with van der Waals surface area (Å²) in [6.45, 7) is 4.05. The highest BCUT2D eigenvalue weighted by molar-refractivity contribution is 5.90. The van der Waals surface area contributed by atoms with Crippen LogP contribution in [0.1, 0.15) is 31.7 Å². The zero-order chi connectivity index (χ0) is 13.4. The van der Waals surface area contributed by atoms with Gasteiger partial charge >= 0.3 is 0 Å². The number of benzene rings is 1. The van der Waals surface area contributed by atoms with Crippen LogP contribution in [0.15, 0.2) is 18.2 Å². The van der Waals surface area contributed by atoms with Crippen molar-refractivity contribution in [2.45, 2.75) is 33.1 Å². The van der Waals surface area contributed by atoms with E-state index in [4.69, 9.17) is 0 Å². The van der Waals surface area contributed by atoms with E-state index >= 15 is 0 Å². The Morgan fingerprint density at radius 3 is 2.61 bits per heavy atom. The second-order valence-electron chi connectivity index (χ2n) is 4.34. The van der Waals surface area contributed by atoms with Gasteiger partial charge < -0.3 is 10.6 Å². The summed E-state index contributed by atoms with van der Waals surface area (Å²) in [7, 11) is 0. The number of anilines is 2. The van der Waals surface area contributed by atoms with E-state index in [2.05, 4.69) is 10.6 Å². The molecular formula is C14H21FN2O. The second-order valence-corrected chi connectivity index (χ2v) is 4.34. The highest BCUT2D eigenvalue weighted by Crippen LogP contribution is 2.23. The van der Waals surface area contributed by atoms with E-state index in [1.54, 1.807) is 0 Å². The Kier molecular flexibility index (Phi) is 6.19. The lowest BCUT2D eigenvalue weighted by molar-refractivity contribution is -0.114. The Morgan fingerprint density at radius 2 is 1.94 bits per heavy atom. The van der Waals surface area contributed by atoms with E-state index in [0.29, 0.717) is 6.42 Å². The minimum atomic E-state index is -0.239. The Bertz CT molecular complexity index is 393. The SMILES string of the molecule is CC(=O)Nc1cccc(NCCCCCF)c1C. The lowest BCUT2D eigenvalue weighted by Crippen LogP contribution is -2.09. The number of hydrogen-bond acceptors (Lipinski definition) is 2. The van der Waals surface area contributed by atoms with Gasteiger partial charge in [-0.25, -0.2) is 0 Å². The molecule has 18 heavy (non-hydrogen) atoms. The van der Waals surface area contributed by atoms with Gasteiger partial charge in [0.2, 0.25) is 5.91 Å². The van der Waals surface area contributed by atoms with E-state index in [1.807, 2.05) is 25.1 Å². The van der Waals surface area contributed by atoms with Crippen LogP contribution in [0.25, 0.3) is 0 Å². The van der Waals surface area contributed by atoms with Crippen LogP contribution >= 0.6 is 0 Å². The maximum atomic E-state index is 11.9. The first-order valence-corrected chi connectivity index (χ1v) is 6.32. The Labute approximate surface area is 108 Å². The van der Waals surface area contributed by atoms with Crippen molar-refractivity contribution in [3.63, 3.8) is 0 Å². The molecule has 1 rings (SSSR count). The number of halogens is 1. The Balaban J connectivity index is 2.52. The van der Waals surface area contributed by atoms with Crippen molar-refractivity contribution in [3.8, 4) is 0 Å². The molecular weight excluding hydrogens is 231 g/mol. The van der Waals surface area contributed by atoms with E-state index in [9.17, 15) is 9.18 Å². The van der Waals surface area contributed by atoms with Crippen LogP contribution in [-0.4, -0.2) is 19.1 Å². The molecule has 4 heteroatoms. The zero-order valence-electron chi connectivity index (χ0n) is 11.1. The quantitative estimate of drug-likeness (QED) is 0.729. The third-order valence-corrected chi connectivity index (χ3v) is 2.77. The minimum Gasteiger partial charge on any atom is -0.385 e. The maximum absolute atomic E-state index is 11.9. The van der Waals surface area contributed by atoms with Crippen LogP contribution in [0.5, 0.6) is 0 Å². The molecule has 1 amide bonds. The topological polar surface area (TPSA) is 41.1 Å². The van der Waals surface area contributed by atoms with Gasteiger partial charge in [-0.15, -0.1) is 0 Å². The van der Waals surface area contributed by atoms with E-state index in [0.717, 1.165) is 36.3 Å². The average Bonchev–Trinajstić information content (AvgIpc) is 2.33. The fraction of sp³-hybridized carbons (Fsp3) is 0.500. The van der Waals surface area contributed by atoms with Crippen molar-refractivity contribution >= 4 is 17.3 Å². The zero-order valence-corrected chi connectivity index (χ0v) is 11.1. The first-order valence-electron chi connectivity index (χ1n) is 6.32. The fourth-order valence-corrected chi connectivity index (χ4v) is 1.77. The number of carbonyl (C=O) groups excluding carboxylic acids is 1. The largest absolute Gasteiger partial charge is 0.385 e. The van der Waals surface area contributed by atoms with Crippen LogP contribution in [0.3, 0.4) is 0 Å². The minimum absolute atomic E-state index is 0.0711. The monoisotopic (exact) mass is 252 g/mol. The third-order valence-electron chi connectivity index (χ3n) is 2.77. The highest BCUT2D eigenvalue weighted by atomic mass is 19.1. The van der Waals surface area contributed by atoms with Crippen molar-refractivity contribution in [3.05, 3.63) is 23.8 Å². The summed E-state index contributed by atoms with van der Waals surface area (Å²) in [5.41, 5.74) is 2.87. The van der Waals surface area contributed by atoms with Crippen LogP contribution < -0.4 is 10.6 Å². The van der Waals surface area contributed by atoms with Gasteiger partial charge in [0.1, 0.15) is 0 Å². The van der Waals surface area contributed by atoms with Gasteiger partial charge in [0, 0.05) is 24.8 Å². The molecule has 0 bridgehead atoms. The predicted molar refractivity (Wildman–Crippen MR) is 73.8 cm³/mol. The van der Waals surface area contributed by atoms with Gasteiger partial charge in [-0.3, -0.25) is 9.18 Å². The summed E-state index contributed by atoms with van der Waals surface area (Å²) in [6, 6.07) is 5.77. The molecule has 0 radical (unpaired) electrons. The van der Waals surface area contributed by atoms with Gasteiger partial charge in [0.05, 0.1) is 6.67 Å². The lowest BCUT2D eigenvalue weighted by Gasteiger charge is -2.13. The molecule has 2 N–H and O–H groups in total. The number of unbranched alkanes of at least 4 members (excludes halogenated alkanes) is 2. The van der Waals surface area contributed by atoms with Crippen molar-refractivity contribution < 1.29 is 9.18 Å². The molecule has 0 aliphatic carbocycles. The molecule has 0 saturated heterocycles. The number of carbonyl (C=O) groups is 1. The molecule has 0 unspecified atom stereocenters. The summed E-state index contributed by atoms with van der Waals surface area (Å²) in [6.07, 6.45) is 2.48. The number of amides is 1. The van der Waals surface area contributed by atoms with Crippen molar-refractivity contribution in [1.82, 2.24) is 0 Å². The molecule has 0 spiro atoms. The van der Waals surface area contributed by atoms with Crippen molar-refractivity contribution in [2.75, 3.05) is 23.9 Å². The Hall–Kier alpha value is -1.58. The summed E-state index contributed by atoms with van der Waals surface area (Å²) >= 11 is 0. The van der Waals surface area contributed by atoms with Crippen LogP contribution in [0.4, 0.5) is 15.8 Å². The van der Waals surface area contributed by atoms with E-state index < -0.39 is 0 Å². The lowest BCUT2D eigenvalue weighted by atomic mass is 10.1. The molecule has 100 valence electrons.